The maximum Gasteiger partial charge on any atom is 0.230 e. The van der Waals surface area contributed by atoms with E-state index in [9.17, 15) is 0 Å². The Morgan fingerprint density at radius 3 is 3.00 bits per heavy atom. The largest absolute Gasteiger partial charge is 0.480 e. The molecule has 12 heavy (non-hydrogen) atoms. The molecule has 2 aromatic rings. The summed E-state index contributed by atoms with van der Waals surface area (Å²) < 4.78 is 7.71. The lowest BCUT2D eigenvalue weighted by atomic mass is 10.7. The first-order chi connectivity index (χ1) is 5.81. The average molecular weight is 228 g/mol. The molecule has 0 saturated heterocycles. The van der Waals surface area contributed by atoms with E-state index >= 15 is 0 Å². The molecule has 0 N–H and O–H groups in total. The van der Waals surface area contributed by atoms with Gasteiger partial charge in [-0.25, -0.2) is 9.97 Å². The molecule has 62 valence electrons. The minimum absolute atomic E-state index is 0.571. The molecule has 0 amide bonds. The van der Waals surface area contributed by atoms with Crippen LogP contribution >= 0.6 is 15.9 Å². The monoisotopic (exact) mass is 227 g/mol. The van der Waals surface area contributed by atoms with Crippen LogP contribution < -0.4 is 4.74 Å². The van der Waals surface area contributed by atoms with Crippen LogP contribution in [0.1, 0.15) is 0 Å². The van der Waals surface area contributed by atoms with Gasteiger partial charge in [-0.1, -0.05) is 0 Å². The van der Waals surface area contributed by atoms with E-state index in [1.54, 1.807) is 25.7 Å². The Labute approximate surface area is 77.3 Å². The fourth-order valence-electron chi connectivity index (χ4n) is 0.947. The van der Waals surface area contributed by atoms with Gasteiger partial charge in [0.1, 0.15) is 4.60 Å². The Morgan fingerprint density at radius 1 is 1.42 bits per heavy atom. The van der Waals surface area contributed by atoms with Gasteiger partial charge in [-0.3, -0.25) is 4.40 Å². The number of methoxy groups -OCH3 is 1. The molecule has 0 unspecified atom stereocenters. The molecule has 0 fully saturated rings. The van der Waals surface area contributed by atoms with Gasteiger partial charge in [-0.05, 0) is 15.9 Å². The fourth-order valence-corrected chi connectivity index (χ4v) is 1.33. The van der Waals surface area contributed by atoms with Gasteiger partial charge in [-0.15, -0.1) is 0 Å². The molecular weight excluding hydrogens is 222 g/mol. The Hall–Kier alpha value is -1.10. The molecule has 0 aromatic carbocycles. The van der Waals surface area contributed by atoms with Crippen LogP contribution in [0.15, 0.2) is 23.2 Å². The third kappa shape index (κ3) is 1.06. The predicted octanol–water partition coefficient (Wildman–Crippen LogP) is 1.50. The van der Waals surface area contributed by atoms with Crippen molar-refractivity contribution in [1.82, 2.24) is 14.4 Å². The number of fused-ring (bicyclic) bond motifs is 1. The minimum Gasteiger partial charge on any atom is -0.480 e. The molecule has 0 saturated carbocycles. The second-order valence-corrected chi connectivity index (χ2v) is 3.05. The lowest BCUT2D eigenvalue weighted by Gasteiger charge is -1.98. The van der Waals surface area contributed by atoms with E-state index in [4.69, 9.17) is 4.74 Å². The zero-order valence-corrected chi connectivity index (χ0v) is 7.95. The van der Waals surface area contributed by atoms with Gasteiger partial charge >= 0.3 is 0 Å². The zero-order valence-electron chi connectivity index (χ0n) is 6.36. The van der Waals surface area contributed by atoms with Crippen LogP contribution in [-0.2, 0) is 0 Å². The summed E-state index contributed by atoms with van der Waals surface area (Å²) in [7, 11) is 1.58. The summed E-state index contributed by atoms with van der Waals surface area (Å²) in [4.78, 5) is 8.10. The second-order valence-electron chi connectivity index (χ2n) is 2.24. The highest BCUT2D eigenvalue weighted by Crippen LogP contribution is 2.14. The molecule has 0 aliphatic heterocycles. The molecule has 0 radical (unpaired) electrons. The standard InChI is InChI=1S/C7H6BrN3O/c1-12-7-4-11-5(8)2-9-6(11)3-10-7/h2-4H,1H3. The lowest BCUT2D eigenvalue weighted by Crippen LogP contribution is -1.91. The molecule has 5 heteroatoms. The number of hydrogen-bond acceptors (Lipinski definition) is 3. The predicted molar refractivity (Wildman–Crippen MR) is 47.2 cm³/mol. The summed E-state index contributed by atoms with van der Waals surface area (Å²) in [5.41, 5.74) is 0.794. The van der Waals surface area contributed by atoms with Crippen LogP contribution in [0.25, 0.3) is 5.65 Å². The first-order valence-corrected chi connectivity index (χ1v) is 4.13. The van der Waals surface area contributed by atoms with Gasteiger partial charge < -0.3 is 4.74 Å². The maximum atomic E-state index is 4.97. The molecular formula is C7H6BrN3O. The van der Waals surface area contributed by atoms with E-state index in [1.165, 1.54) is 0 Å². The van der Waals surface area contributed by atoms with Crippen molar-refractivity contribution in [3.63, 3.8) is 0 Å². The number of ether oxygens (including phenoxy) is 1. The van der Waals surface area contributed by atoms with Crippen molar-refractivity contribution in [2.45, 2.75) is 0 Å². The van der Waals surface area contributed by atoms with Gasteiger partial charge in [0.25, 0.3) is 0 Å². The lowest BCUT2D eigenvalue weighted by molar-refractivity contribution is 0.395. The van der Waals surface area contributed by atoms with Crippen LogP contribution in [-0.4, -0.2) is 21.5 Å². The van der Waals surface area contributed by atoms with E-state index in [1.807, 2.05) is 4.40 Å². The van der Waals surface area contributed by atoms with Crippen molar-refractivity contribution >= 4 is 21.6 Å². The van der Waals surface area contributed by atoms with Crippen LogP contribution in [0.5, 0.6) is 5.88 Å². The third-order valence-corrected chi connectivity index (χ3v) is 2.12. The zero-order chi connectivity index (χ0) is 8.55. The van der Waals surface area contributed by atoms with Crippen molar-refractivity contribution in [3.8, 4) is 5.88 Å². The number of imidazole rings is 1. The third-order valence-electron chi connectivity index (χ3n) is 1.54. The van der Waals surface area contributed by atoms with Gasteiger partial charge in [0.2, 0.25) is 5.88 Å². The molecule has 4 nitrogen and oxygen atoms in total. The smallest absolute Gasteiger partial charge is 0.230 e. The molecule has 2 aromatic heterocycles. The molecule has 0 spiro atoms. The van der Waals surface area contributed by atoms with E-state index in [0.29, 0.717) is 5.88 Å². The number of rotatable bonds is 1. The van der Waals surface area contributed by atoms with Gasteiger partial charge in [-0.2, -0.15) is 0 Å². The average Bonchev–Trinajstić information content (AvgIpc) is 2.47. The molecule has 0 bridgehead atoms. The van der Waals surface area contributed by atoms with E-state index in [2.05, 4.69) is 25.9 Å². The van der Waals surface area contributed by atoms with Crippen molar-refractivity contribution < 1.29 is 4.74 Å². The SMILES string of the molecule is COc1cn2c(Br)cnc2cn1. The molecule has 2 heterocycles. The number of nitrogens with zero attached hydrogens (tertiary/aromatic N) is 3. The van der Waals surface area contributed by atoms with Crippen molar-refractivity contribution in [1.29, 1.82) is 0 Å². The van der Waals surface area contributed by atoms with E-state index in [-0.39, 0.29) is 0 Å². The fraction of sp³-hybridized carbons (Fsp3) is 0.143. The van der Waals surface area contributed by atoms with E-state index < -0.39 is 0 Å². The highest BCUT2D eigenvalue weighted by molar-refractivity contribution is 9.10. The quantitative estimate of drug-likeness (QED) is 0.742. The van der Waals surface area contributed by atoms with Gasteiger partial charge in [0.05, 0.1) is 25.7 Å². The number of hydrogen-bond donors (Lipinski definition) is 0. The topological polar surface area (TPSA) is 39.4 Å². The Morgan fingerprint density at radius 2 is 2.25 bits per heavy atom. The minimum atomic E-state index is 0.571. The Kier molecular flexibility index (Phi) is 1.73. The first kappa shape index (κ1) is 7.54. The molecule has 2 rings (SSSR count). The Balaban J connectivity index is 2.71. The summed E-state index contributed by atoms with van der Waals surface area (Å²) in [5, 5.41) is 0. The maximum absolute atomic E-state index is 4.97. The van der Waals surface area contributed by atoms with Crippen LogP contribution in [0.4, 0.5) is 0 Å². The highest BCUT2D eigenvalue weighted by atomic mass is 79.9. The normalized spacial score (nSPS) is 10.5. The summed E-state index contributed by atoms with van der Waals surface area (Å²) in [6, 6.07) is 0. The van der Waals surface area contributed by atoms with Crippen LogP contribution in [0.3, 0.4) is 0 Å². The molecule has 0 atom stereocenters. The summed E-state index contributed by atoms with van der Waals surface area (Å²) in [6.07, 6.45) is 5.15. The van der Waals surface area contributed by atoms with Crippen LogP contribution in [0.2, 0.25) is 0 Å². The molecule has 0 aliphatic carbocycles. The van der Waals surface area contributed by atoms with Crippen molar-refractivity contribution in [2.24, 2.45) is 0 Å². The summed E-state index contributed by atoms with van der Waals surface area (Å²) in [6.45, 7) is 0. The molecule has 0 aliphatic rings. The second kappa shape index (κ2) is 2.75. The van der Waals surface area contributed by atoms with Gasteiger partial charge in [0, 0.05) is 0 Å². The number of aromatic nitrogens is 3. The summed E-state index contributed by atoms with van der Waals surface area (Å²) in [5.74, 6) is 0.571. The van der Waals surface area contributed by atoms with Gasteiger partial charge in [0.15, 0.2) is 5.65 Å². The Bertz CT molecular complexity index is 412. The highest BCUT2D eigenvalue weighted by Gasteiger charge is 2.01. The first-order valence-electron chi connectivity index (χ1n) is 3.34. The van der Waals surface area contributed by atoms with E-state index in [0.717, 1.165) is 10.3 Å². The van der Waals surface area contributed by atoms with Crippen LogP contribution in [0, 0.1) is 0 Å². The number of halogens is 1. The summed E-state index contributed by atoms with van der Waals surface area (Å²) >= 11 is 3.35. The van der Waals surface area contributed by atoms with Crippen molar-refractivity contribution in [2.75, 3.05) is 7.11 Å². The van der Waals surface area contributed by atoms with Crippen molar-refractivity contribution in [3.05, 3.63) is 23.2 Å².